The van der Waals surface area contributed by atoms with Gasteiger partial charge in [-0.2, -0.15) is 0 Å². The maximum absolute atomic E-state index is 13.1. The number of halogens is 2. The van der Waals surface area contributed by atoms with E-state index >= 15 is 0 Å². The Morgan fingerprint density at radius 1 is 0.905 bits per heavy atom. The standard InChI is InChI=1S/C16H13F2N3/c17-15-9-7-12(10-16(15)18)6-8-13-11-21(20-19-13)14-4-2-1-3-5-14/h1-5,7,9-11H,6,8H2. The Bertz CT molecular complexity index is 738. The van der Waals surface area contributed by atoms with Gasteiger partial charge in [-0.1, -0.05) is 29.5 Å². The van der Waals surface area contributed by atoms with Gasteiger partial charge in [0, 0.05) is 0 Å². The number of aromatic nitrogens is 3. The molecule has 0 saturated carbocycles. The van der Waals surface area contributed by atoms with Gasteiger partial charge in [0.25, 0.3) is 0 Å². The van der Waals surface area contributed by atoms with Gasteiger partial charge in [0.15, 0.2) is 11.6 Å². The molecule has 3 aromatic rings. The summed E-state index contributed by atoms with van der Waals surface area (Å²) in [6.45, 7) is 0. The minimum absolute atomic E-state index is 0.588. The summed E-state index contributed by atoms with van der Waals surface area (Å²) in [6.07, 6.45) is 3.05. The van der Waals surface area contributed by atoms with Crippen molar-refractivity contribution in [1.82, 2.24) is 15.0 Å². The summed E-state index contributed by atoms with van der Waals surface area (Å²) in [4.78, 5) is 0. The molecule has 0 aliphatic carbocycles. The Morgan fingerprint density at radius 3 is 2.48 bits per heavy atom. The normalized spacial score (nSPS) is 10.8. The van der Waals surface area contributed by atoms with Crippen molar-refractivity contribution in [2.24, 2.45) is 0 Å². The molecular weight excluding hydrogens is 272 g/mol. The van der Waals surface area contributed by atoms with Crippen molar-refractivity contribution in [3.8, 4) is 5.69 Å². The molecule has 0 unspecified atom stereocenters. The molecule has 0 N–H and O–H groups in total. The summed E-state index contributed by atoms with van der Waals surface area (Å²) in [5.74, 6) is -1.64. The van der Waals surface area contributed by atoms with Crippen LogP contribution in [-0.2, 0) is 12.8 Å². The highest BCUT2D eigenvalue weighted by Gasteiger charge is 2.05. The van der Waals surface area contributed by atoms with Crippen molar-refractivity contribution < 1.29 is 8.78 Å². The summed E-state index contributed by atoms with van der Waals surface area (Å²) in [7, 11) is 0. The van der Waals surface area contributed by atoms with E-state index < -0.39 is 11.6 Å². The third-order valence-corrected chi connectivity index (χ3v) is 3.22. The molecule has 106 valence electrons. The predicted octanol–water partition coefficient (Wildman–Crippen LogP) is 3.33. The second-order valence-electron chi connectivity index (χ2n) is 4.74. The van der Waals surface area contributed by atoms with Crippen molar-refractivity contribution in [3.63, 3.8) is 0 Å². The molecule has 0 fully saturated rings. The minimum Gasteiger partial charge on any atom is -0.220 e. The molecule has 0 aliphatic rings. The number of aryl methyl sites for hydroxylation is 2. The van der Waals surface area contributed by atoms with Crippen LogP contribution in [0.15, 0.2) is 54.7 Å². The van der Waals surface area contributed by atoms with Crippen LogP contribution in [0.1, 0.15) is 11.3 Å². The van der Waals surface area contributed by atoms with Crippen LogP contribution in [0.4, 0.5) is 8.78 Å². The molecule has 0 amide bonds. The fourth-order valence-electron chi connectivity index (χ4n) is 2.09. The van der Waals surface area contributed by atoms with E-state index in [1.807, 2.05) is 36.5 Å². The monoisotopic (exact) mass is 285 g/mol. The Balaban J connectivity index is 1.69. The van der Waals surface area contributed by atoms with Gasteiger partial charge in [-0.3, -0.25) is 0 Å². The summed E-state index contributed by atoms with van der Waals surface area (Å²) in [5.41, 5.74) is 2.48. The van der Waals surface area contributed by atoms with Crippen LogP contribution in [0.3, 0.4) is 0 Å². The molecule has 5 heteroatoms. The number of hydrogen-bond donors (Lipinski definition) is 0. The number of nitrogens with zero attached hydrogens (tertiary/aromatic N) is 3. The highest BCUT2D eigenvalue weighted by atomic mass is 19.2. The lowest BCUT2D eigenvalue weighted by molar-refractivity contribution is 0.507. The first-order valence-electron chi connectivity index (χ1n) is 6.63. The zero-order valence-electron chi connectivity index (χ0n) is 11.2. The summed E-state index contributed by atoms with van der Waals surface area (Å²) >= 11 is 0. The molecule has 3 nitrogen and oxygen atoms in total. The zero-order chi connectivity index (χ0) is 14.7. The molecule has 0 atom stereocenters. The van der Waals surface area contributed by atoms with E-state index in [4.69, 9.17) is 0 Å². The predicted molar refractivity (Wildman–Crippen MR) is 75.1 cm³/mol. The van der Waals surface area contributed by atoms with Crippen molar-refractivity contribution in [2.45, 2.75) is 12.8 Å². The minimum atomic E-state index is -0.825. The average Bonchev–Trinajstić information content (AvgIpc) is 2.98. The third-order valence-electron chi connectivity index (χ3n) is 3.22. The van der Waals surface area contributed by atoms with Gasteiger partial charge in [-0.05, 0) is 42.7 Å². The van der Waals surface area contributed by atoms with Gasteiger partial charge >= 0.3 is 0 Å². The third kappa shape index (κ3) is 3.13. The van der Waals surface area contributed by atoms with Gasteiger partial charge in [0.2, 0.25) is 0 Å². The molecular formula is C16H13F2N3. The van der Waals surface area contributed by atoms with E-state index in [0.29, 0.717) is 12.8 Å². The number of para-hydroxylation sites is 1. The largest absolute Gasteiger partial charge is 0.220 e. The van der Waals surface area contributed by atoms with E-state index in [2.05, 4.69) is 10.3 Å². The first-order chi connectivity index (χ1) is 10.2. The van der Waals surface area contributed by atoms with Gasteiger partial charge in [-0.15, -0.1) is 5.10 Å². The molecule has 2 aromatic carbocycles. The van der Waals surface area contributed by atoms with E-state index in [1.54, 1.807) is 10.7 Å². The summed E-state index contributed by atoms with van der Waals surface area (Å²) in [6, 6.07) is 13.6. The van der Waals surface area contributed by atoms with Crippen LogP contribution in [0.25, 0.3) is 5.69 Å². The average molecular weight is 285 g/mol. The molecule has 0 spiro atoms. The fourth-order valence-corrected chi connectivity index (χ4v) is 2.09. The zero-order valence-corrected chi connectivity index (χ0v) is 11.2. The lowest BCUT2D eigenvalue weighted by atomic mass is 10.1. The SMILES string of the molecule is Fc1ccc(CCc2cn(-c3ccccc3)nn2)cc1F. The van der Waals surface area contributed by atoms with Crippen molar-refractivity contribution >= 4 is 0 Å². The molecule has 0 bridgehead atoms. The summed E-state index contributed by atoms with van der Waals surface area (Å²) in [5, 5.41) is 8.16. The maximum Gasteiger partial charge on any atom is 0.159 e. The quantitative estimate of drug-likeness (QED) is 0.736. The van der Waals surface area contributed by atoms with Crippen LogP contribution in [0.2, 0.25) is 0 Å². The summed E-state index contributed by atoms with van der Waals surface area (Å²) < 4.78 is 27.7. The van der Waals surface area contributed by atoms with Crippen LogP contribution >= 0.6 is 0 Å². The lowest BCUT2D eigenvalue weighted by Crippen LogP contribution is -1.94. The van der Waals surface area contributed by atoms with E-state index in [0.717, 1.165) is 23.0 Å². The Kier molecular flexibility index (Phi) is 3.73. The van der Waals surface area contributed by atoms with E-state index in [-0.39, 0.29) is 0 Å². The molecule has 21 heavy (non-hydrogen) atoms. The Hall–Kier alpha value is -2.56. The second kappa shape index (κ2) is 5.83. The van der Waals surface area contributed by atoms with E-state index in [9.17, 15) is 8.78 Å². The van der Waals surface area contributed by atoms with Gasteiger partial charge in [-0.25, -0.2) is 13.5 Å². The van der Waals surface area contributed by atoms with Crippen LogP contribution in [0, 0.1) is 11.6 Å². The van der Waals surface area contributed by atoms with Crippen LogP contribution in [0.5, 0.6) is 0 Å². The second-order valence-corrected chi connectivity index (χ2v) is 4.74. The Labute approximate surface area is 120 Å². The number of benzene rings is 2. The maximum atomic E-state index is 13.1. The Morgan fingerprint density at radius 2 is 1.71 bits per heavy atom. The molecule has 1 heterocycles. The smallest absolute Gasteiger partial charge is 0.159 e. The topological polar surface area (TPSA) is 30.7 Å². The molecule has 3 rings (SSSR count). The molecule has 0 radical (unpaired) electrons. The molecule has 1 aromatic heterocycles. The lowest BCUT2D eigenvalue weighted by Gasteiger charge is -2.00. The van der Waals surface area contributed by atoms with Crippen molar-refractivity contribution in [2.75, 3.05) is 0 Å². The van der Waals surface area contributed by atoms with Crippen molar-refractivity contribution in [1.29, 1.82) is 0 Å². The van der Waals surface area contributed by atoms with Gasteiger partial charge in [0.1, 0.15) is 0 Å². The molecule has 0 saturated heterocycles. The van der Waals surface area contributed by atoms with Crippen molar-refractivity contribution in [3.05, 3.63) is 77.6 Å². The first kappa shape index (κ1) is 13.4. The van der Waals surface area contributed by atoms with Gasteiger partial charge < -0.3 is 0 Å². The van der Waals surface area contributed by atoms with Crippen LogP contribution in [-0.4, -0.2) is 15.0 Å². The number of rotatable bonds is 4. The van der Waals surface area contributed by atoms with E-state index in [1.165, 1.54) is 6.07 Å². The number of hydrogen-bond acceptors (Lipinski definition) is 2. The first-order valence-corrected chi connectivity index (χ1v) is 6.63. The highest BCUT2D eigenvalue weighted by Crippen LogP contribution is 2.12. The van der Waals surface area contributed by atoms with Gasteiger partial charge in [0.05, 0.1) is 17.6 Å². The fraction of sp³-hybridized carbons (Fsp3) is 0.125. The van der Waals surface area contributed by atoms with Crippen LogP contribution < -0.4 is 0 Å². The molecule has 0 aliphatic heterocycles. The highest BCUT2D eigenvalue weighted by molar-refractivity contribution is 5.30.